The van der Waals surface area contributed by atoms with Gasteiger partial charge in [0.1, 0.15) is 11.0 Å². The predicted octanol–water partition coefficient (Wildman–Crippen LogP) is 3.06. The van der Waals surface area contributed by atoms with Gasteiger partial charge in [-0.2, -0.15) is 0 Å². The molecule has 1 aliphatic heterocycles. The highest BCUT2D eigenvalue weighted by Gasteiger charge is 2.29. The zero-order valence-corrected chi connectivity index (χ0v) is 14.3. The van der Waals surface area contributed by atoms with Gasteiger partial charge in [0, 0.05) is 30.8 Å². The van der Waals surface area contributed by atoms with Gasteiger partial charge in [0.25, 0.3) is 5.56 Å². The van der Waals surface area contributed by atoms with E-state index < -0.39 is 0 Å². The van der Waals surface area contributed by atoms with Crippen LogP contribution in [0.3, 0.4) is 0 Å². The van der Waals surface area contributed by atoms with Crippen LogP contribution in [-0.4, -0.2) is 21.6 Å². The van der Waals surface area contributed by atoms with Crippen LogP contribution >= 0.6 is 11.6 Å². The van der Waals surface area contributed by atoms with Gasteiger partial charge < -0.3 is 10.6 Å². The van der Waals surface area contributed by atoms with E-state index >= 15 is 0 Å². The lowest BCUT2D eigenvalue weighted by molar-refractivity contribution is 0.655. The average molecular weight is 333 g/mol. The first-order valence-electron chi connectivity index (χ1n) is 7.79. The molecule has 1 fully saturated rings. The van der Waals surface area contributed by atoms with Crippen molar-refractivity contribution in [1.82, 2.24) is 9.55 Å². The van der Waals surface area contributed by atoms with Crippen molar-refractivity contribution in [2.24, 2.45) is 7.05 Å². The summed E-state index contributed by atoms with van der Waals surface area (Å²) in [4.78, 5) is 18.8. The van der Waals surface area contributed by atoms with Crippen LogP contribution in [0.25, 0.3) is 11.1 Å². The van der Waals surface area contributed by atoms with Crippen molar-refractivity contribution < 1.29 is 0 Å². The van der Waals surface area contributed by atoms with Gasteiger partial charge in [0.05, 0.1) is 11.9 Å². The Balaban J connectivity index is 2.18. The van der Waals surface area contributed by atoms with Crippen molar-refractivity contribution >= 4 is 23.1 Å². The lowest BCUT2D eigenvalue weighted by atomic mass is 10.1. The third kappa shape index (κ3) is 2.81. The zero-order valence-electron chi connectivity index (χ0n) is 13.6. The molecule has 0 amide bonds. The lowest BCUT2D eigenvalue weighted by Gasteiger charge is -2.30. The molecule has 122 valence electrons. The van der Waals surface area contributed by atoms with Crippen molar-refractivity contribution in [2.45, 2.75) is 38.8 Å². The molecule has 0 aliphatic carbocycles. The number of anilines is 2. The Hall–Kier alpha value is -2.01. The molecule has 0 spiro atoms. The highest BCUT2D eigenvalue weighted by atomic mass is 35.5. The van der Waals surface area contributed by atoms with E-state index in [2.05, 4.69) is 23.7 Å². The number of pyridine rings is 2. The lowest BCUT2D eigenvalue weighted by Crippen LogP contribution is -2.37. The summed E-state index contributed by atoms with van der Waals surface area (Å²) in [6.07, 6.45) is 3.76. The molecular weight excluding hydrogens is 312 g/mol. The first kappa shape index (κ1) is 15.9. The van der Waals surface area contributed by atoms with Crippen molar-refractivity contribution in [1.29, 1.82) is 0 Å². The minimum Gasteiger partial charge on any atom is -0.397 e. The van der Waals surface area contributed by atoms with Crippen molar-refractivity contribution in [2.75, 3.05) is 10.6 Å². The summed E-state index contributed by atoms with van der Waals surface area (Å²) in [6, 6.07) is 6.14. The van der Waals surface area contributed by atoms with Crippen LogP contribution in [-0.2, 0) is 7.05 Å². The van der Waals surface area contributed by atoms with Crippen molar-refractivity contribution in [3.63, 3.8) is 0 Å². The Morgan fingerprint density at radius 2 is 1.87 bits per heavy atom. The van der Waals surface area contributed by atoms with E-state index in [4.69, 9.17) is 17.3 Å². The average Bonchev–Trinajstić information content (AvgIpc) is 2.84. The summed E-state index contributed by atoms with van der Waals surface area (Å²) in [5.41, 5.74) is 7.71. The Morgan fingerprint density at radius 3 is 2.52 bits per heavy atom. The molecule has 6 heteroatoms. The van der Waals surface area contributed by atoms with Gasteiger partial charge in [-0.3, -0.25) is 9.36 Å². The van der Waals surface area contributed by atoms with E-state index in [-0.39, 0.29) is 5.56 Å². The van der Waals surface area contributed by atoms with Crippen LogP contribution in [0.4, 0.5) is 11.5 Å². The van der Waals surface area contributed by atoms with E-state index in [1.165, 1.54) is 6.20 Å². The second-order valence-electron chi connectivity index (χ2n) is 6.29. The maximum atomic E-state index is 12.4. The quantitative estimate of drug-likeness (QED) is 0.858. The summed E-state index contributed by atoms with van der Waals surface area (Å²) in [6.45, 7) is 4.38. The number of hydrogen-bond donors (Lipinski definition) is 1. The van der Waals surface area contributed by atoms with Crippen LogP contribution in [0.15, 0.2) is 29.2 Å². The Labute approximate surface area is 140 Å². The number of nitrogens with two attached hydrogens (primary N) is 1. The minimum absolute atomic E-state index is 0.0673. The van der Waals surface area contributed by atoms with E-state index in [1.54, 1.807) is 23.7 Å². The molecule has 3 rings (SSSR count). The molecule has 0 aromatic carbocycles. The molecule has 5 nitrogen and oxygen atoms in total. The largest absolute Gasteiger partial charge is 0.397 e. The summed E-state index contributed by atoms with van der Waals surface area (Å²) in [7, 11) is 1.80. The Bertz CT molecular complexity index is 792. The van der Waals surface area contributed by atoms with Gasteiger partial charge in [-0.15, -0.1) is 0 Å². The van der Waals surface area contributed by atoms with Crippen LogP contribution in [0.5, 0.6) is 0 Å². The maximum Gasteiger partial charge on any atom is 0.252 e. The van der Waals surface area contributed by atoms with Gasteiger partial charge >= 0.3 is 0 Å². The molecule has 1 saturated heterocycles. The summed E-state index contributed by atoms with van der Waals surface area (Å²) < 4.78 is 1.69. The number of halogens is 1. The summed E-state index contributed by atoms with van der Waals surface area (Å²) >= 11 is 6.20. The topological polar surface area (TPSA) is 64.2 Å². The molecule has 0 bridgehead atoms. The summed E-state index contributed by atoms with van der Waals surface area (Å²) in [5.74, 6) is 0.906. The normalized spacial score (nSPS) is 21.0. The van der Waals surface area contributed by atoms with Crippen LogP contribution in [0, 0.1) is 0 Å². The van der Waals surface area contributed by atoms with Crippen LogP contribution in [0.1, 0.15) is 26.7 Å². The Morgan fingerprint density at radius 1 is 1.22 bits per heavy atom. The molecule has 2 aromatic rings. The third-order valence-electron chi connectivity index (χ3n) is 4.63. The molecule has 23 heavy (non-hydrogen) atoms. The summed E-state index contributed by atoms with van der Waals surface area (Å²) in [5, 5.41) is 0.348. The minimum atomic E-state index is -0.0673. The molecule has 0 radical (unpaired) electrons. The maximum absolute atomic E-state index is 12.4. The standard InChI is InChI=1S/C17H21ClN4O/c1-10-4-5-11(2)22(10)15-6-12(7-16(23)21(15)3)14-8-13(19)9-20-17(14)18/h6-11H,4-5,19H2,1-3H3. The highest BCUT2D eigenvalue weighted by molar-refractivity contribution is 6.32. The first-order valence-corrected chi connectivity index (χ1v) is 8.17. The van der Waals surface area contributed by atoms with E-state index in [9.17, 15) is 4.79 Å². The van der Waals surface area contributed by atoms with Gasteiger partial charge in [0.15, 0.2) is 0 Å². The third-order valence-corrected chi connectivity index (χ3v) is 4.93. The number of rotatable bonds is 2. The molecule has 3 heterocycles. The molecule has 2 aromatic heterocycles. The first-order chi connectivity index (χ1) is 10.9. The smallest absolute Gasteiger partial charge is 0.252 e. The van der Waals surface area contributed by atoms with Crippen LogP contribution in [0.2, 0.25) is 5.15 Å². The number of aromatic nitrogens is 2. The van der Waals surface area contributed by atoms with Gasteiger partial charge in [-0.1, -0.05) is 11.6 Å². The monoisotopic (exact) mass is 332 g/mol. The van der Waals surface area contributed by atoms with E-state index in [0.717, 1.165) is 24.2 Å². The molecule has 2 N–H and O–H groups in total. The van der Waals surface area contributed by atoms with E-state index in [0.29, 0.717) is 28.5 Å². The number of nitrogen functional groups attached to an aromatic ring is 1. The fraction of sp³-hybridized carbons (Fsp3) is 0.412. The van der Waals surface area contributed by atoms with Gasteiger partial charge in [0.2, 0.25) is 0 Å². The van der Waals surface area contributed by atoms with Gasteiger partial charge in [-0.25, -0.2) is 4.98 Å². The Kier molecular flexibility index (Phi) is 4.06. The van der Waals surface area contributed by atoms with Crippen molar-refractivity contribution in [3.8, 4) is 11.1 Å². The molecule has 2 unspecified atom stereocenters. The van der Waals surface area contributed by atoms with E-state index in [1.807, 2.05) is 6.07 Å². The molecule has 0 saturated carbocycles. The SMILES string of the molecule is CC1CCC(C)N1c1cc(-c2cc(N)cnc2Cl)cc(=O)n1C. The molecule has 1 aliphatic rings. The van der Waals surface area contributed by atoms with Gasteiger partial charge in [-0.05, 0) is 44.4 Å². The molecular formula is C17H21ClN4O. The van der Waals surface area contributed by atoms with Crippen molar-refractivity contribution in [3.05, 3.63) is 39.9 Å². The fourth-order valence-electron chi connectivity index (χ4n) is 3.34. The second-order valence-corrected chi connectivity index (χ2v) is 6.65. The number of nitrogens with zero attached hydrogens (tertiary/aromatic N) is 3. The zero-order chi connectivity index (χ0) is 16.7. The molecule has 2 atom stereocenters. The highest BCUT2D eigenvalue weighted by Crippen LogP contribution is 2.33. The predicted molar refractivity (Wildman–Crippen MR) is 95.0 cm³/mol. The number of hydrogen-bond acceptors (Lipinski definition) is 4. The second kappa shape index (κ2) is 5.89. The fourth-order valence-corrected chi connectivity index (χ4v) is 3.55. The van der Waals surface area contributed by atoms with Crippen LogP contribution < -0.4 is 16.2 Å².